The monoisotopic (exact) mass is 418 g/mol. The van der Waals surface area contributed by atoms with E-state index >= 15 is 0 Å². The number of ether oxygens (including phenoxy) is 3. The summed E-state index contributed by atoms with van der Waals surface area (Å²) in [5.74, 6) is 2.52. The number of nitrogens with zero attached hydrogens (tertiary/aromatic N) is 3. The zero-order chi connectivity index (χ0) is 22.0. The van der Waals surface area contributed by atoms with E-state index in [-0.39, 0.29) is 0 Å². The molecule has 0 radical (unpaired) electrons. The highest BCUT2D eigenvalue weighted by atomic mass is 16.5. The highest BCUT2D eigenvalue weighted by Gasteiger charge is 2.16. The molecule has 0 aliphatic carbocycles. The Bertz CT molecular complexity index is 1210. The maximum absolute atomic E-state index is 5.48. The molecule has 7 nitrogen and oxygen atoms in total. The molecule has 0 amide bonds. The van der Waals surface area contributed by atoms with E-state index in [1.165, 1.54) is 11.1 Å². The fourth-order valence-electron chi connectivity index (χ4n) is 3.64. The van der Waals surface area contributed by atoms with Gasteiger partial charge in [-0.25, -0.2) is 4.98 Å². The summed E-state index contributed by atoms with van der Waals surface area (Å²) in [6.45, 7) is 2.79. The zero-order valence-electron chi connectivity index (χ0n) is 18.4. The second-order valence-corrected chi connectivity index (χ2v) is 7.31. The van der Waals surface area contributed by atoms with E-state index in [9.17, 15) is 0 Å². The van der Waals surface area contributed by atoms with E-state index in [0.29, 0.717) is 23.8 Å². The first-order valence-corrected chi connectivity index (χ1v) is 9.96. The maximum Gasteiger partial charge on any atom is 0.203 e. The third kappa shape index (κ3) is 3.99. The number of anilines is 1. The number of benzene rings is 2. The van der Waals surface area contributed by atoms with Crippen LogP contribution in [0.1, 0.15) is 11.1 Å². The zero-order valence-corrected chi connectivity index (χ0v) is 18.4. The number of methoxy groups -OCH3 is 3. The normalized spacial score (nSPS) is 10.9. The molecule has 2 aromatic carbocycles. The van der Waals surface area contributed by atoms with Gasteiger partial charge in [0.25, 0.3) is 0 Å². The molecule has 1 N–H and O–H groups in total. The fraction of sp³-hybridized carbons (Fsp3) is 0.250. The lowest BCUT2D eigenvalue weighted by Gasteiger charge is -2.14. The van der Waals surface area contributed by atoms with Crippen molar-refractivity contribution in [2.75, 3.05) is 26.6 Å². The summed E-state index contributed by atoms with van der Waals surface area (Å²) >= 11 is 0. The Morgan fingerprint density at radius 1 is 0.968 bits per heavy atom. The molecule has 2 aromatic heterocycles. The number of nitrogens with one attached hydrogen (secondary N) is 1. The van der Waals surface area contributed by atoms with E-state index in [1.807, 2.05) is 29.8 Å². The molecule has 0 unspecified atom stereocenters. The number of hydrogen-bond donors (Lipinski definition) is 1. The molecule has 4 aromatic rings. The minimum atomic E-state index is 0.554. The lowest BCUT2D eigenvalue weighted by atomic mass is 10.1. The molecule has 0 aliphatic rings. The lowest BCUT2D eigenvalue weighted by molar-refractivity contribution is 0.324. The number of aryl methyl sites for hydroxylation is 2. The Labute approximate surface area is 181 Å². The van der Waals surface area contributed by atoms with Gasteiger partial charge >= 0.3 is 0 Å². The third-order valence-corrected chi connectivity index (χ3v) is 5.26. The average molecular weight is 418 g/mol. The van der Waals surface area contributed by atoms with Gasteiger partial charge in [0.2, 0.25) is 11.7 Å². The molecular weight excluding hydrogens is 392 g/mol. The van der Waals surface area contributed by atoms with Crippen LogP contribution < -0.4 is 19.5 Å². The molecule has 0 aliphatic heterocycles. The molecule has 0 bridgehead atoms. The van der Waals surface area contributed by atoms with E-state index in [0.717, 1.165) is 28.2 Å². The quantitative estimate of drug-likeness (QED) is 0.474. The first-order chi connectivity index (χ1) is 15.0. The van der Waals surface area contributed by atoms with Crippen LogP contribution in [0.15, 0.2) is 48.7 Å². The number of aromatic nitrogens is 3. The molecule has 7 heteroatoms. The van der Waals surface area contributed by atoms with Gasteiger partial charge in [-0.3, -0.25) is 4.98 Å². The Morgan fingerprint density at radius 2 is 1.71 bits per heavy atom. The van der Waals surface area contributed by atoms with Gasteiger partial charge in [-0.15, -0.1) is 0 Å². The highest BCUT2D eigenvalue weighted by molar-refractivity contribution is 5.82. The summed E-state index contributed by atoms with van der Waals surface area (Å²) in [4.78, 5) is 9.31. The summed E-state index contributed by atoms with van der Waals surface area (Å²) in [6.07, 6.45) is 1.78. The van der Waals surface area contributed by atoms with Crippen LogP contribution in [0.3, 0.4) is 0 Å². The number of pyridine rings is 1. The lowest BCUT2D eigenvalue weighted by Crippen LogP contribution is -2.05. The molecule has 4 rings (SSSR count). The Kier molecular flexibility index (Phi) is 5.66. The van der Waals surface area contributed by atoms with Gasteiger partial charge in [0.15, 0.2) is 11.5 Å². The number of imidazole rings is 1. The molecule has 0 atom stereocenters. The Balaban J connectivity index is 1.68. The van der Waals surface area contributed by atoms with Crippen molar-refractivity contribution < 1.29 is 14.2 Å². The van der Waals surface area contributed by atoms with Crippen LogP contribution in [-0.4, -0.2) is 35.9 Å². The molecule has 0 saturated carbocycles. The summed E-state index contributed by atoms with van der Waals surface area (Å²) in [5, 5.41) is 3.42. The van der Waals surface area contributed by atoms with Crippen LogP contribution >= 0.6 is 0 Å². The summed E-state index contributed by atoms with van der Waals surface area (Å²) in [7, 11) is 6.79. The molecule has 0 fully saturated rings. The van der Waals surface area contributed by atoms with Crippen LogP contribution in [0.25, 0.3) is 22.3 Å². The number of rotatable bonds is 7. The van der Waals surface area contributed by atoms with E-state index in [2.05, 4.69) is 41.5 Å². The molecule has 160 valence electrons. The van der Waals surface area contributed by atoms with Crippen molar-refractivity contribution in [3.05, 3.63) is 59.8 Å². The smallest absolute Gasteiger partial charge is 0.203 e. The SMILES string of the molecule is COc1cc(-c2cc3c(cn2)nc(NCc2cccc(C)c2)n3C)cc(OC)c1OC. The maximum atomic E-state index is 5.48. The molecule has 31 heavy (non-hydrogen) atoms. The van der Waals surface area contributed by atoms with Gasteiger partial charge in [-0.05, 0) is 30.7 Å². The van der Waals surface area contributed by atoms with Crippen molar-refractivity contribution >= 4 is 17.0 Å². The summed E-state index contributed by atoms with van der Waals surface area (Å²) < 4.78 is 18.4. The van der Waals surface area contributed by atoms with Gasteiger partial charge in [0, 0.05) is 19.2 Å². The third-order valence-electron chi connectivity index (χ3n) is 5.26. The van der Waals surface area contributed by atoms with Gasteiger partial charge in [0.1, 0.15) is 5.52 Å². The summed E-state index contributed by atoms with van der Waals surface area (Å²) in [6, 6.07) is 14.2. The second-order valence-electron chi connectivity index (χ2n) is 7.31. The van der Waals surface area contributed by atoms with Gasteiger partial charge in [0.05, 0.1) is 38.7 Å². The highest BCUT2D eigenvalue weighted by Crippen LogP contribution is 2.41. The predicted octanol–water partition coefficient (Wildman–Crippen LogP) is 4.58. The van der Waals surface area contributed by atoms with E-state index < -0.39 is 0 Å². The average Bonchev–Trinajstić information content (AvgIpc) is 3.11. The predicted molar refractivity (Wildman–Crippen MR) is 122 cm³/mol. The van der Waals surface area contributed by atoms with Gasteiger partial charge in [-0.1, -0.05) is 29.8 Å². The van der Waals surface area contributed by atoms with E-state index in [1.54, 1.807) is 27.5 Å². The summed E-state index contributed by atoms with van der Waals surface area (Å²) in [5.41, 5.74) is 5.91. The van der Waals surface area contributed by atoms with Crippen molar-refractivity contribution in [1.82, 2.24) is 14.5 Å². The minimum absolute atomic E-state index is 0.554. The first kappa shape index (κ1) is 20.5. The van der Waals surface area contributed by atoms with Crippen molar-refractivity contribution in [3.8, 4) is 28.5 Å². The molecular formula is C24H26N4O3. The van der Waals surface area contributed by atoms with Crippen LogP contribution in [-0.2, 0) is 13.6 Å². The minimum Gasteiger partial charge on any atom is -0.493 e. The molecule has 2 heterocycles. The van der Waals surface area contributed by atoms with Crippen LogP contribution in [0.4, 0.5) is 5.95 Å². The van der Waals surface area contributed by atoms with Gasteiger partial charge < -0.3 is 24.1 Å². The van der Waals surface area contributed by atoms with Crippen molar-refractivity contribution in [3.63, 3.8) is 0 Å². The van der Waals surface area contributed by atoms with E-state index in [4.69, 9.17) is 19.2 Å². The number of fused-ring (bicyclic) bond motifs is 1. The van der Waals surface area contributed by atoms with Gasteiger partial charge in [-0.2, -0.15) is 0 Å². The fourth-order valence-corrected chi connectivity index (χ4v) is 3.64. The van der Waals surface area contributed by atoms with Crippen LogP contribution in [0.2, 0.25) is 0 Å². The second kappa shape index (κ2) is 8.55. The molecule has 0 spiro atoms. The molecule has 0 saturated heterocycles. The topological polar surface area (TPSA) is 70.4 Å². The van der Waals surface area contributed by atoms with Crippen molar-refractivity contribution in [2.24, 2.45) is 7.05 Å². The largest absolute Gasteiger partial charge is 0.493 e. The van der Waals surface area contributed by atoms with Crippen LogP contribution in [0, 0.1) is 6.92 Å². The first-order valence-electron chi connectivity index (χ1n) is 9.96. The number of hydrogen-bond acceptors (Lipinski definition) is 6. The van der Waals surface area contributed by atoms with Crippen LogP contribution in [0.5, 0.6) is 17.2 Å². The van der Waals surface area contributed by atoms with Crippen molar-refractivity contribution in [2.45, 2.75) is 13.5 Å². The van der Waals surface area contributed by atoms with Crippen molar-refractivity contribution in [1.29, 1.82) is 0 Å². The Morgan fingerprint density at radius 3 is 2.35 bits per heavy atom. The Hall–Kier alpha value is -3.74. The standard InChI is InChI=1S/C24H26N4O3/c1-15-7-6-8-16(9-15)13-26-24-27-19-14-25-18(12-20(19)28(24)2)17-10-21(29-3)23(31-5)22(11-17)30-4/h6-12,14H,13H2,1-5H3,(H,26,27).